The Balaban J connectivity index is 1.77. The SMILES string of the molecule is CN1C(=O)CC(C(=O)Nc2ccc(Cl)cc2)SC1=Nc1cccc(F)c1. The van der Waals surface area contributed by atoms with Crippen molar-refractivity contribution in [3.63, 3.8) is 0 Å². The number of rotatable bonds is 3. The van der Waals surface area contributed by atoms with Crippen LogP contribution in [0, 0.1) is 5.82 Å². The molecule has 8 heteroatoms. The van der Waals surface area contributed by atoms with Crippen molar-refractivity contribution in [3.8, 4) is 0 Å². The Morgan fingerprint density at radius 3 is 2.73 bits per heavy atom. The van der Waals surface area contributed by atoms with Gasteiger partial charge >= 0.3 is 0 Å². The second kappa shape index (κ2) is 7.88. The Kier molecular flexibility index (Phi) is 5.58. The number of nitrogens with zero attached hydrogens (tertiary/aromatic N) is 2. The zero-order valence-corrected chi connectivity index (χ0v) is 15.4. The Labute approximate surface area is 159 Å². The van der Waals surface area contributed by atoms with E-state index in [2.05, 4.69) is 10.3 Å². The van der Waals surface area contributed by atoms with E-state index in [1.54, 1.807) is 37.4 Å². The fraction of sp³-hybridized carbons (Fsp3) is 0.167. The van der Waals surface area contributed by atoms with Gasteiger partial charge in [-0.05, 0) is 42.5 Å². The van der Waals surface area contributed by atoms with Crippen LogP contribution in [-0.2, 0) is 9.59 Å². The molecule has 0 saturated carbocycles. The molecule has 1 unspecified atom stereocenters. The number of carbonyl (C=O) groups excluding carboxylic acids is 2. The van der Waals surface area contributed by atoms with Gasteiger partial charge in [0.2, 0.25) is 11.8 Å². The van der Waals surface area contributed by atoms with Crippen molar-refractivity contribution in [1.29, 1.82) is 0 Å². The average molecular weight is 392 g/mol. The Morgan fingerprint density at radius 2 is 2.04 bits per heavy atom. The second-order valence-electron chi connectivity index (χ2n) is 5.63. The summed E-state index contributed by atoms with van der Waals surface area (Å²) in [7, 11) is 1.58. The minimum absolute atomic E-state index is 0.0583. The van der Waals surface area contributed by atoms with E-state index < -0.39 is 11.1 Å². The predicted octanol–water partition coefficient (Wildman–Crippen LogP) is 4.07. The lowest BCUT2D eigenvalue weighted by atomic mass is 10.2. The van der Waals surface area contributed by atoms with Gasteiger partial charge in [-0.15, -0.1) is 0 Å². The third-order valence-electron chi connectivity index (χ3n) is 3.71. The number of carbonyl (C=O) groups is 2. The van der Waals surface area contributed by atoms with Gasteiger partial charge in [0.05, 0.1) is 5.69 Å². The van der Waals surface area contributed by atoms with E-state index >= 15 is 0 Å². The maximum Gasteiger partial charge on any atom is 0.238 e. The molecule has 1 N–H and O–H groups in total. The molecule has 1 saturated heterocycles. The summed E-state index contributed by atoms with van der Waals surface area (Å²) in [5.74, 6) is -0.945. The fourth-order valence-corrected chi connectivity index (χ4v) is 3.50. The number of nitrogens with one attached hydrogen (secondary N) is 1. The van der Waals surface area contributed by atoms with Crippen molar-refractivity contribution >= 4 is 51.7 Å². The first-order valence-corrected chi connectivity index (χ1v) is 9.02. The molecule has 0 radical (unpaired) electrons. The summed E-state index contributed by atoms with van der Waals surface area (Å²) in [5, 5.41) is 3.06. The normalized spacial score (nSPS) is 18.9. The van der Waals surface area contributed by atoms with Crippen molar-refractivity contribution in [2.75, 3.05) is 12.4 Å². The lowest BCUT2D eigenvalue weighted by Gasteiger charge is -2.28. The summed E-state index contributed by atoms with van der Waals surface area (Å²) < 4.78 is 13.3. The largest absolute Gasteiger partial charge is 0.325 e. The molecule has 2 amide bonds. The van der Waals surface area contributed by atoms with E-state index in [0.717, 1.165) is 0 Å². The number of aliphatic imine (C=N–C) groups is 1. The van der Waals surface area contributed by atoms with E-state index in [9.17, 15) is 14.0 Å². The predicted molar refractivity (Wildman–Crippen MR) is 102 cm³/mol. The first-order chi connectivity index (χ1) is 12.4. The van der Waals surface area contributed by atoms with Crippen LogP contribution in [-0.4, -0.2) is 34.2 Å². The van der Waals surface area contributed by atoms with Crippen molar-refractivity contribution in [2.45, 2.75) is 11.7 Å². The topological polar surface area (TPSA) is 61.8 Å². The molecule has 1 heterocycles. The molecule has 1 aliphatic heterocycles. The van der Waals surface area contributed by atoms with Crippen LogP contribution in [0.25, 0.3) is 0 Å². The van der Waals surface area contributed by atoms with Gasteiger partial charge < -0.3 is 5.32 Å². The van der Waals surface area contributed by atoms with E-state index in [-0.39, 0.29) is 18.2 Å². The number of amides is 2. The maximum atomic E-state index is 13.3. The molecule has 3 rings (SSSR count). The average Bonchev–Trinajstić information content (AvgIpc) is 2.60. The van der Waals surface area contributed by atoms with Gasteiger partial charge in [-0.1, -0.05) is 29.4 Å². The Hall–Kier alpha value is -2.38. The van der Waals surface area contributed by atoms with Crippen LogP contribution in [0.15, 0.2) is 53.5 Å². The molecular weight excluding hydrogens is 377 g/mol. The summed E-state index contributed by atoms with van der Waals surface area (Å²) in [4.78, 5) is 30.4. The molecule has 0 aromatic heterocycles. The number of hydrogen-bond donors (Lipinski definition) is 1. The molecule has 134 valence electrons. The Morgan fingerprint density at radius 1 is 1.31 bits per heavy atom. The van der Waals surface area contributed by atoms with Crippen LogP contribution in [0.4, 0.5) is 15.8 Å². The number of halogens is 2. The highest BCUT2D eigenvalue weighted by molar-refractivity contribution is 8.15. The molecule has 26 heavy (non-hydrogen) atoms. The summed E-state index contributed by atoms with van der Waals surface area (Å²) in [5.41, 5.74) is 0.973. The van der Waals surface area contributed by atoms with Gasteiger partial charge in [-0.3, -0.25) is 14.5 Å². The molecule has 1 atom stereocenters. The number of hydrogen-bond acceptors (Lipinski definition) is 4. The zero-order valence-electron chi connectivity index (χ0n) is 13.8. The molecule has 1 aliphatic rings. The van der Waals surface area contributed by atoms with E-state index in [1.807, 2.05) is 0 Å². The quantitative estimate of drug-likeness (QED) is 0.857. The van der Waals surface area contributed by atoms with Crippen LogP contribution in [0.1, 0.15) is 6.42 Å². The summed E-state index contributed by atoms with van der Waals surface area (Å²) >= 11 is 7.00. The maximum absolute atomic E-state index is 13.3. The minimum Gasteiger partial charge on any atom is -0.325 e. The molecule has 0 spiro atoms. The van der Waals surface area contributed by atoms with Crippen molar-refractivity contribution in [3.05, 3.63) is 59.4 Å². The third-order valence-corrected chi connectivity index (χ3v) is 5.20. The minimum atomic E-state index is -0.623. The zero-order chi connectivity index (χ0) is 18.7. The summed E-state index contributed by atoms with van der Waals surface area (Å²) in [6.07, 6.45) is 0.0583. The highest BCUT2D eigenvalue weighted by Crippen LogP contribution is 2.29. The monoisotopic (exact) mass is 391 g/mol. The van der Waals surface area contributed by atoms with Gasteiger partial charge in [0.25, 0.3) is 0 Å². The third kappa shape index (κ3) is 4.42. The molecule has 0 aliphatic carbocycles. The highest BCUT2D eigenvalue weighted by Gasteiger charge is 2.34. The van der Waals surface area contributed by atoms with Crippen molar-refractivity contribution < 1.29 is 14.0 Å². The lowest BCUT2D eigenvalue weighted by molar-refractivity contribution is -0.128. The smallest absolute Gasteiger partial charge is 0.238 e. The number of amidine groups is 1. The molecule has 2 aromatic carbocycles. The first kappa shape index (κ1) is 18.4. The Bertz CT molecular complexity index is 873. The van der Waals surface area contributed by atoms with Gasteiger partial charge in [-0.25, -0.2) is 9.38 Å². The molecule has 1 fully saturated rings. The molecule has 2 aromatic rings. The highest BCUT2D eigenvalue weighted by atomic mass is 35.5. The number of benzene rings is 2. The van der Waals surface area contributed by atoms with Crippen LogP contribution in [0.2, 0.25) is 5.02 Å². The second-order valence-corrected chi connectivity index (χ2v) is 7.24. The van der Waals surface area contributed by atoms with Crippen molar-refractivity contribution in [1.82, 2.24) is 4.90 Å². The van der Waals surface area contributed by atoms with Crippen LogP contribution in [0.3, 0.4) is 0 Å². The van der Waals surface area contributed by atoms with Gasteiger partial charge in [0.1, 0.15) is 11.1 Å². The standard InChI is InChI=1S/C18H15ClFN3O2S/c1-23-16(24)10-15(17(25)21-13-7-5-11(19)6-8-13)26-18(23)22-14-4-2-3-12(20)9-14/h2-9,15H,10H2,1H3,(H,21,25). The van der Waals surface area contributed by atoms with Gasteiger partial charge in [-0.2, -0.15) is 0 Å². The molecular formula is C18H15ClFN3O2S. The van der Waals surface area contributed by atoms with Crippen molar-refractivity contribution in [2.24, 2.45) is 4.99 Å². The summed E-state index contributed by atoms with van der Waals surface area (Å²) in [6, 6.07) is 12.5. The van der Waals surface area contributed by atoms with E-state index in [0.29, 0.717) is 21.6 Å². The van der Waals surface area contributed by atoms with Gasteiger partial charge in [0.15, 0.2) is 5.17 Å². The van der Waals surface area contributed by atoms with Crippen LogP contribution < -0.4 is 5.32 Å². The van der Waals surface area contributed by atoms with Crippen LogP contribution >= 0.6 is 23.4 Å². The molecule has 0 bridgehead atoms. The lowest BCUT2D eigenvalue weighted by Crippen LogP contribution is -2.43. The number of thioether (sulfide) groups is 1. The van der Waals surface area contributed by atoms with E-state index in [1.165, 1.54) is 34.9 Å². The number of anilines is 1. The molecule has 5 nitrogen and oxygen atoms in total. The van der Waals surface area contributed by atoms with E-state index in [4.69, 9.17) is 11.6 Å². The first-order valence-electron chi connectivity index (χ1n) is 7.76. The van der Waals surface area contributed by atoms with Gasteiger partial charge in [0, 0.05) is 24.2 Å². The fourth-order valence-electron chi connectivity index (χ4n) is 2.31. The van der Waals surface area contributed by atoms with Crippen LogP contribution in [0.5, 0.6) is 0 Å². The summed E-state index contributed by atoms with van der Waals surface area (Å²) in [6.45, 7) is 0.